The molecule has 2 rings (SSSR count). The lowest BCUT2D eigenvalue weighted by Crippen LogP contribution is -2.31. The van der Waals surface area contributed by atoms with Crippen molar-refractivity contribution >= 4 is 37.3 Å². The van der Waals surface area contributed by atoms with E-state index in [9.17, 15) is 30.0 Å². The minimum atomic E-state index is -4.76. The molecule has 0 aliphatic carbocycles. The van der Waals surface area contributed by atoms with Crippen molar-refractivity contribution < 1.29 is 30.0 Å². The number of anilines is 1. The number of benzene rings is 2. The second-order valence-electron chi connectivity index (χ2n) is 6.32. The van der Waals surface area contributed by atoms with Gasteiger partial charge in [0.25, 0.3) is 10.0 Å². The Morgan fingerprint density at radius 1 is 0.967 bits per heavy atom. The lowest BCUT2D eigenvalue weighted by Gasteiger charge is -2.20. The van der Waals surface area contributed by atoms with Crippen LogP contribution in [0.25, 0.3) is 0 Å². The average Bonchev–Trinajstić information content (AvgIpc) is 2.63. The third-order valence-electron chi connectivity index (χ3n) is 4.31. The van der Waals surface area contributed by atoms with E-state index in [0.717, 1.165) is 12.1 Å². The summed E-state index contributed by atoms with van der Waals surface area (Å²) in [6.07, 6.45) is -4.76. The van der Waals surface area contributed by atoms with E-state index in [1.807, 2.05) is 0 Å². The molecular weight excluding hydrogens is 465 g/mol. The number of aryl methyl sites for hydroxylation is 1. The molecule has 0 saturated heterocycles. The molecule has 2 aromatic carbocycles. The molecule has 0 bridgehead atoms. The number of sulfonamides is 2. The van der Waals surface area contributed by atoms with Gasteiger partial charge in [0, 0.05) is 13.1 Å². The molecule has 1 N–H and O–H groups in total. The summed E-state index contributed by atoms with van der Waals surface area (Å²) in [5.41, 5.74) is -0.914. The molecule has 0 radical (unpaired) electrons. The Labute approximate surface area is 178 Å². The summed E-state index contributed by atoms with van der Waals surface area (Å²) in [4.78, 5) is -0.880. The number of rotatable bonds is 7. The van der Waals surface area contributed by atoms with Crippen LogP contribution in [0.3, 0.4) is 0 Å². The van der Waals surface area contributed by atoms with E-state index in [0.29, 0.717) is 17.7 Å². The van der Waals surface area contributed by atoms with Crippen molar-refractivity contribution in [2.45, 2.75) is 36.7 Å². The molecule has 0 atom stereocenters. The maximum atomic E-state index is 13.0. The summed E-state index contributed by atoms with van der Waals surface area (Å²) in [7, 11) is -8.41. The predicted molar refractivity (Wildman–Crippen MR) is 109 cm³/mol. The minimum absolute atomic E-state index is 0.110. The smallest absolute Gasteiger partial charge is 0.280 e. The van der Waals surface area contributed by atoms with Crippen LogP contribution in [0, 0.1) is 6.92 Å². The molecule has 0 fully saturated rings. The number of nitrogens with zero attached hydrogens (tertiary/aromatic N) is 1. The highest BCUT2D eigenvalue weighted by Crippen LogP contribution is 2.34. The Kier molecular flexibility index (Phi) is 7.12. The van der Waals surface area contributed by atoms with Gasteiger partial charge in [-0.1, -0.05) is 31.5 Å². The molecule has 12 heteroatoms. The Morgan fingerprint density at radius 2 is 1.57 bits per heavy atom. The zero-order valence-electron chi connectivity index (χ0n) is 16.3. The second kappa shape index (κ2) is 8.74. The summed E-state index contributed by atoms with van der Waals surface area (Å²) < 4.78 is 93.2. The first kappa shape index (κ1) is 24.4. The number of hydrogen-bond donors (Lipinski definition) is 1. The number of halogens is 4. The monoisotopic (exact) mass is 484 g/mol. The first-order valence-corrected chi connectivity index (χ1v) is 12.0. The van der Waals surface area contributed by atoms with Crippen LogP contribution in [0.2, 0.25) is 5.02 Å². The van der Waals surface area contributed by atoms with Gasteiger partial charge in [-0.15, -0.1) is 0 Å². The van der Waals surface area contributed by atoms with E-state index >= 15 is 0 Å². The summed E-state index contributed by atoms with van der Waals surface area (Å²) in [5.74, 6) is 0. The standard InChI is InChI=1S/C18H20ClF3N2O4S2/c1-4-24(5-2)30(27,28)16-11-14(8-6-12(16)3)23-29(25,26)17-10-13(18(20,21)22)7-9-15(17)19/h6-11,23H,4-5H2,1-3H3. The maximum Gasteiger partial charge on any atom is 0.416 e. The van der Waals surface area contributed by atoms with Crippen LogP contribution in [0.1, 0.15) is 25.0 Å². The van der Waals surface area contributed by atoms with Crippen molar-refractivity contribution in [2.24, 2.45) is 0 Å². The van der Waals surface area contributed by atoms with Crippen molar-refractivity contribution in [1.29, 1.82) is 0 Å². The van der Waals surface area contributed by atoms with Gasteiger partial charge in [0.2, 0.25) is 10.0 Å². The van der Waals surface area contributed by atoms with Crippen LogP contribution >= 0.6 is 11.6 Å². The molecule has 0 amide bonds. The molecule has 166 valence electrons. The predicted octanol–water partition coefficient (Wildman–Crippen LogP) is 4.50. The summed E-state index contributed by atoms with van der Waals surface area (Å²) in [6, 6.07) is 5.78. The van der Waals surface area contributed by atoms with Gasteiger partial charge < -0.3 is 0 Å². The van der Waals surface area contributed by atoms with Gasteiger partial charge in [-0.25, -0.2) is 16.8 Å². The summed E-state index contributed by atoms with van der Waals surface area (Å²) in [6.45, 7) is 5.32. The Balaban J connectivity index is 2.51. The third kappa shape index (κ3) is 5.08. The normalized spacial score (nSPS) is 12.9. The van der Waals surface area contributed by atoms with E-state index in [4.69, 9.17) is 11.6 Å². The molecule has 6 nitrogen and oxygen atoms in total. The van der Waals surface area contributed by atoms with E-state index in [2.05, 4.69) is 4.72 Å². The zero-order valence-corrected chi connectivity index (χ0v) is 18.7. The topological polar surface area (TPSA) is 83.6 Å². The van der Waals surface area contributed by atoms with Crippen molar-refractivity contribution in [3.8, 4) is 0 Å². The van der Waals surface area contributed by atoms with Crippen LogP contribution < -0.4 is 4.72 Å². The van der Waals surface area contributed by atoms with Gasteiger partial charge >= 0.3 is 6.18 Å². The zero-order chi connectivity index (χ0) is 22.9. The van der Waals surface area contributed by atoms with Crippen molar-refractivity contribution in [3.63, 3.8) is 0 Å². The Morgan fingerprint density at radius 3 is 2.10 bits per heavy atom. The maximum absolute atomic E-state index is 13.0. The highest BCUT2D eigenvalue weighted by molar-refractivity contribution is 7.93. The first-order chi connectivity index (χ1) is 13.7. The van der Waals surface area contributed by atoms with Crippen LogP contribution in [0.5, 0.6) is 0 Å². The molecule has 0 saturated carbocycles. The van der Waals surface area contributed by atoms with Crippen molar-refractivity contribution in [2.75, 3.05) is 17.8 Å². The van der Waals surface area contributed by atoms with E-state index in [-0.39, 0.29) is 23.7 Å². The molecule has 0 spiro atoms. The minimum Gasteiger partial charge on any atom is -0.280 e. The van der Waals surface area contributed by atoms with Gasteiger partial charge in [0.1, 0.15) is 4.90 Å². The van der Waals surface area contributed by atoms with Gasteiger partial charge in [-0.2, -0.15) is 17.5 Å². The number of alkyl halides is 3. The highest BCUT2D eigenvalue weighted by Gasteiger charge is 2.33. The molecule has 0 unspecified atom stereocenters. The molecule has 0 aliphatic rings. The molecule has 30 heavy (non-hydrogen) atoms. The second-order valence-corrected chi connectivity index (χ2v) is 10.3. The van der Waals surface area contributed by atoms with Gasteiger partial charge in [-0.3, -0.25) is 4.72 Å². The largest absolute Gasteiger partial charge is 0.416 e. The fourth-order valence-corrected chi connectivity index (χ4v) is 6.03. The van der Waals surface area contributed by atoms with Crippen molar-refractivity contribution in [1.82, 2.24) is 4.31 Å². The molecule has 0 aromatic heterocycles. The fraction of sp³-hybridized carbons (Fsp3) is 0.333. The van der Waals surface area contributed by atoms with E-state index < -0.39 is 41.7 Å². The Hall–Kier alpha value is -1.82. The van der Waals surface area contributed by atoms with Gasteiger partial charge in [0.15, 0.2) is 0 Å². The van der Waals surface area contributed by atoms with Gasteiger partial charge in [-0.05, 0) is 42.8 Å². The Bertz CT molecular complexity index is 1150. The summed E-state index contributed by atoms with van der Waals surface area (Å²) in [5, 5.41) is -0.404. The van der Waals surface area contributed by atoms with E-state index in [1.165, 1.54) is 16.4 Å². The van der Waals surface area contributed by atoms with Crippen LogP contribution in [0.15, 0.2) is 46.2 Å². The quantitative estimate of drug-likeness (QED) is 0.627. The van der Waals surface area contributed by atoms with Crippen LogP contribution in [0.4, 0.5) is 18.9 Å². The number of nitrogens with one attached hydrogen (secondary N) is 1. The third-order valence-corrected chi connectivity index (χ3v) is 8.37. The molecule has 0 heterocycles. The first-order valence-electron chi connectivity index (χ1n) is 8.74. The number of hydrogen-bond acceptors (Lipinski definition) is 4. The van der Waals surface area contributed by atoms with E-state index in [1.54, 1.807) is 20.8 Å². The fourth-order valence-electron chi connectivity index (χ4n) is 2.74. The lowest BCUT2D eigenvalue weighted by atomic mass is 10.2. The van der Waals surface area contributed by atoms with Crippen LogP contribution in [-0.2, 0) is 26.2 Å². The highest BCUT2D eigenvalue weighted by atomic mass is 35.5. The van der Waals surface area contributed by atoms with Crippen molar-refractivity contribution in [3.05, 3.63) is 52.5 Å². The summed E-state index contributed by atoms with van der Waals surface area (Å²) >= 11 is 5.82. The molecule has 0 aliphatic heterocycles. The SMILES string of the molecule is CCN(CC)S(=O)(=O)c1cc(NS(=O)(=O)c2cc(C(F)(F)F)ccc2Cl)ccc1C. The lowest BCUT2D eigenvalue weighted by molar-refractivity contribution is -0.137. The van der Waals surface area contributed by atoms with Gasteiger partial charge in [0.05, 0.1) is 21.2 Å². The average molecular weight is 485 g/mol. The molecule has 2 aromatic rings. The van der Waals surface area contributed by atoms with Crippen LogP contribution in [-0.4, -0.2) is 34.2 Å². The molecular formula is C18H20ClF3N2O4S2.